The summed E-state index contributed by atoms with van der Waals surface area (Å²) in [4.78, 5) is 15.4. The Morgan fingerprint density at radius 3 is 2.69 bits per heavy atom. The molecule has 1 aromatic heterocycles. The molecule has 2 saturated carbocycles. The zero-order valence-corrected chi connectivity index (χ0v) is 16.8. The van der Waals surface area contributed by atoms with E-state index in [2.05, 4.69) is 43.1 Å². The highest BCUT2D eigenvalue weighted by Gasteiger charge is 2.60. The molecule has 1 saturated heterocycles. The van der Waals surface area contributed by atoms with Gasteiger partial charge in [-0.25, -0.2) is 0 Å². The van der Waals surface area contributed by atoms with Gasteiger partial charge in [0.2, 0.25) is 0 Å². The van der Waals surface area contributed by atoms with Gasteiger partial charge < -0.3 is 9.84 Å². The number of carbonyl (C=O) groups is 1. The van der Waals surface area contributed by atoms with Crippen LogP contribution in [-0.4, -0.2) is 41.1 Å². The van der Waals surface area contributed by atoms with Crippen LogP contribution in [0.3, 0.4) is 0 Å². The Kier molecular flexibility index (Phi) is 4.22. The lowest BCUT2D eigenvalue weighted by molar-refractivity contribution is -0.129. The summed E-state index contributed by atoms with van der Waals surface area (Å²) in [6.07, 6.45) is 6.63. The number of aromatic nitrogens is 1. The van der Waals surface area contributed by atoms with Crippen LogP contribution in [0.25, 0.3) is 0 Å². The number of piperidine rings is 1. The van der Waals surface area contributed by atoms with Crippen molar-refractivity contribution in [3.8, 4) is 0 Å². The molecule has 3 aliphatic rings. The van der Waals surface area contributed by atoms with Gasteiger partial charge in [-0.15, -0.1) is 0 Å². The Labute approximate surface area is 156 Å². The van der Waals surface area contributed by atoms with Gasteiger partial charge in [-0.3, -0.25) is 9.69 Å². The van der Waals surface area contributed by atoms with Gasteiger partial charge in [0.15, 0.2) is 0 Å². The first-order valence-corrected chi connectivity index (χ1v) is 10.1. The molecule has 5 heteroatoms. The standard InChI is InChI=1S/C21H33N3O2/c1-13-16(12-26-23-13)19(25)22-17-15-7-6-8-24(18(15)21(17,4)5)11-14-9-20(2,3)10-14/h12,14-15,17-18H,6-11H2,1-5H3,(H,22,25). The Hall–Kier alpha value is -1.36. The number of hydrogen-bond donors (Lipinski definition) is 1. The van der Waals surface area contributed by atoms with Crippen molar-refractivity contribution in [2.75, 3.05) is 13.1 Å². The predicted molar refractivity (Wildman–Crippen MR) is 101 cm³/mol. The van der Waals surface area contributed by atoms with Crippen molar-refractivity contribution in [2.45, 2.75) is 72.4 Å². The summed E-state index contributed by atoms with van der Waals surface area (Å²) in [5.74, 6) is 1.38. The van der Waals surface area contributed by atoms with E-state index in [4.69, 9.17) is 4.52 Å². The highest BCUT2D eigenvalue weighted by molar-refractivity contribution is 5.95. The van der Waals surface area contributed by atoms with E-state index in [0.29, 0.717) is 28.6 Å². The molecule has 3 atom stereocenters. The van der Waals surface area contributed by atoms with Gasteiger partial charge >= 0.3 is 0 Å². The van der Waals surface area contributed by atoms with Gasteiger partial charge in [-0.2, -0.15) is 0 Å². The molecule has 1 aliphatic heterocycles. The third kappa shape index (κ3) is 2.88. The van der Waals surface area contributed by atoms with Crippen LogP contribution in [-0.2, 0) is 0 Å². The molecule has 1 amide bonds. The fourth-order valence-electron chi connectivity index (χ4n) is 6.28. The fourth-order valence-corrected chi connectivity index (χ4v) is 6.28. The highest BCUT2D eigenvalue weighted by atomic mass is 16.5. The lowest BCUT2D eigenvalue weighted by Gasteiger charge is -2.65. The first kappa shape index (κ1) is 18.0. The highest BCUT2D eigenvalue weighted by Crippen LogP contribution is 2.54. The van der Waals surface area contributed by atoms with Crippen LogP contribution in [0.2, 0.25) is 0 Å². The summed E-state index contributed by atoms with van der Waals surface area (Å²) in [5.41, 5.74) is 1.87. The van der Waals surface area contributed by atoms with Crippen molar-refractivity contribution >= 4 is 5.91 Å². The third-order valence-corrected chi connectivity index (χ3v) is 7.23. The van der Waals surface area contributed by atoms with Gasteiger partial charge in [-0.05, 0) is 56.4 Å². The van der Waals surface area contributed by atoms with Crippen LogP contribution in [0.5, 0.6) is 0 Å². The zero-order valence-electron chi connectivity index (χ0n) is 16.8. The molecule has 4 rings (SSSR count). The van der Waals surface area contributed by atoms with Crippen LogP contribution in [0.1, 0.15) is 69.4 Å². The van der Waals surface area contributed by atoms with Crippen LogP contribution in [0.15, 0.2) is 10.8 Å². The molecule has 3 unspecified atom stereocenters. The van der Waals surface area contributed by atoms with Crippen LogP contribution in [0, 0.1) is 29.6 Å². The van der Waals surface area contributed by atoms with Gasteiger partial charge in [0, 0.05) is 24.0 Å². The van der Waals surface area contributed by atoms with E-state index in [0.717, 1.165) is 5.92 Å². The fraction of sp³-hybridized carbons (Fsp3) is 0.810. The van der Waals surface area contributed by atoms with Crippen molar-refractivity contribution in [3.63, 3.8) is 0 Å². The molecule has 3 fully saturated rings. The van der Waals surface area contributed by atoms with Crippen LogP contribution < -0.4 is 5.32 Å². The zero-order chi connectivity index (χ0) is 18.7. The molecule has 0 bridgehead atoms. The number of hydrogen-bond acceptors (Lipinski definition) is 4. The molecular formula is C21H33N3O2. The summed E-state index contributed by atoms with van der Waals surface area (Å²) in [6.45, 7) is 13.7. The second-order valence-corrected chi connectivity index (χ2v) is 10.3. The first-order valence-electron chi connectivity index (χ1n) is 10.1. The number of aryl methyl sites for hydroxylation is 1. The summed E-state index contributed by atoms with van der Waals surface area (Å²) >= 11 is 0. The minimum Gasteiger partial charge on any atom is -0.364 e. The monoisotopic (exact) mass is 359 g/mol. The lowest BCUT2D eigenvalue weighted by atomic mass is 9.52. The molecule has 1 N–H and O–H groups in total. The number of amides is 1. The average Bonchev–Trinajstić information content (AvgIpc) is 2.96. The van der Waals surface area contributed by atoms with Crippen LogP contribution in [0.4, 0.5) is 0 Å². The number of likely N-dealkylation sites (tertiary alicyclic amines) is 1. The number of fused-ring (bicyclic) bond motifs is 1. The Bertz CT molecular complexity index is 685. The number of carbonyl (C=O) groups excluding carboxylic acids is 1. The maximum Gasteiger partial charge on any atom is 0.256 e. The van der Waals surface area contributed by atoms with E-state index in [9.17, 15) is 4.79 Å². The minimum atomic E-state index is -0.0434. The van der Waals surface area contributed by atoms with Crippen molar-refractivity contribution in [1.29, 1.82) is 0 Å². The van der Waals surface area contributed by atoms with Gasteiger partial charge in [-0.1, -0.05) is 32.9 Å². The topological polar surface area (TPSA) is 58.4 Å². The quantitative estimate of drug-likeness (QED) is 0.892. The van der Waals surface area contributed by atoms with E-state index < -0.39 is 0 Å². The lowest BCUT2D eigenvalue weighted by Crippen LogP contribution is -2.75. The molecule has 0 spiro atoms. The van der Waals surface area contributed by atoms with E-state index >= 15 is 0 Å². The van der Waals surface area contributed by atoms with Gasteiger partial charge in [0.25, 0.3) is 5.91 Å². The largest absolute Gasteiger partial charge is 0.364 e. The van der Waals surface area contributed by atoms with Crippen molar-refractivity contribution < 1.29 is 9.32 Å². The molecule has 2 heterocycles. The Balaban J connectivity index is 1.42. The smallest absolute Gasteiger partial charge is 0.256 e. The van der Waals surface area contributed by atoms with Crippen molar-refractivity contribution in [3.05, 3.63) is 17.5 Å². The Morgan fingerprint density at radius 1 is 1.35 bits per heavy atom. The first-order chi connectivity index (χ1) is 12.2. The second-order valence-electron chi connectivity index (χ2n) is 10.3. The van der Waals surface area contributed by atoms with Crippen molar-refractivity contribution in [2.24, 2.45) is 22.7 Å². The molecule has 1 aromatic rings. The molecule has 5 nitrogen and oxygen atoms in total. The van der Waals surface area contributed by atoms with Crippen molar-refractivity contribution in [1.82, 2.24) is 15.4 Å². The molecule has 144 valence electrons. The SMILES string of the molecule is Cc1nocc1C(=O)NC1C2CCCN(CC3CC(C)(C)C3)C2C1(C)C. The van der Waals surface area contributed by atoms with Crippen LogP contribution >= 0.6 is 0 Å². The second kappa shape index (κ2) is 6.08. The number of nitrogens with one attached hydrogen (secondary N) is 1. The average molecular weight is 360 g/mol. The molecule has 0 radical (unpaired) electrons. The molecular weight excluding hydrogens is 326 g/mol. The minimum absolute atomic E-state index is 0.0434. The number of rotatable bonds is 4. The summed E-state index contributed by atoms with van der Waals surface area (Å²) in [7, 11) is 0. The number of nitrogens with zero attached hydrogens (tertiary/aromatic N) is 2. The summed E-state index contributed by atoms with van der Waals surface area (Å²) in [5, 5.41) is 7.13. The molecule has 26 heavy (non-hydrogen) atoms. The maximum atomic E-state index is 12.7. The van der Waals surface area contributed by atoms with Gasteiger partial charge in [0.05, 0.1) is 5.69 Å². The Morgan fingerprint density at radius 2 is 2.08 bits per heavy atom. The van der Waals surface area contributed by atoms with E-state index in [1.165, 1.54) is 45.0 Å². The van der Waals surface area contributed by atoms with E-state index in [1.54, 1.807) is 0 Å². The third-order valence-electron chi connectivity index (χ3n) is 7.23. The summed E-state index contributed by atoms with van der Waals surface area (Å²) < 4.78 is 4.94. The summed E-state index contributed by atoms with van der Waals surface area (Å²) in [6, 6.07) is 0.823. The van der Waals surface area contributed by atoms with E-state index in [1.807, 2.05) is 6.92 Å². The normalized spacial score (nSPS) is 33.0. The van der Waals surface area contributed by atoms with Gasteiger partial charge in [0.1, 0.15) is 11.8 Å². The molecule has 2 aliphatic carbocycles. The van der Waals surface area contributed by atoms with E-state index in [-0.39, 0.29) is 17.4 Å². The molecule has 0 aromatic carbocycles. The predicted octanol–water partition coefficient (Wildman–Crippen LogP) is 3.64. The maximum absolute atomic E-state index is 12.7.